The van der Waals surface area contributed by atoms with Gasteiger partial charge < -0.3 is 33.2 Å². The number of esters is 4. The molecule has 19 heteroatoms. The normalized spacial score (nSPS) is 12.4. The lowest BCUT2D eigenvalue weighted by atomic mass is 10.1. The molecular weight excluding hydrogens is 849 g/mol. The van der Waals surface area contributed by atoms with E-state index in [1.165, 1.54) is 48.5 Å². The van der Waals surface area contributed by atoms with Gasteiger partial charge in [0.25, 0.3) is 0 Å². The zero-order valence-corrected chi connectivity index (χ0v) is 40.8. The van der Waals surface area contributed by atoms with E-state index in [0.29, 0.717) is 11.6 Å². The molecule has 2 aromatic carbocycles. The highest BCUT2D eigenvalue weighted by atomic mass is 28.3. The smallest absolute Gasteiger partial charge is 0.414 e. The summed E-state index contributed by atoms with van der Waals surface area (Å²) in [6.07, 6.45) is -3.46. The van der Waals surface area contributed by atoms with E-state index in [9.17, 15) is 33.6 Å². The fraction of sp³-hybridized carbons (Fsp3) is 0.556. The number of nitrogens with one attached hydrogen (secondary N) is 2. The maximum atomic E-state index is 13.7. The third-order valence-electron chi connectivity index (χ3n) is 7.56. The van der Waals surface area contributed by atoms with Gasteiger partial charge in [-0.2, -0.15) is 0 Å². The number of hydrogen-bond acceptors (Lipinski definition) is 15. The molecule has 0 unspecified atom stereocenters. The first-order valence-corrected chi connectivity index (χ1v) is 24.4. The van der Waals surface area contributed by atoms with Crippen LogP contribution in [0.15, 0.2) is 53.5 Å². The topological polar surface area (TPSA) is 224 Å². The summed E-state index contributed by atoms with van der Waals surface area (Å²) in [5.41, 5.74) is -2.65. The van der Waals surface area contributed by atoms with Crippen LogP contribution in [-0.2, 0) is 49.4 Å². The fourth-order valence-corrected chi connectivity index (χ4v) is 5.68. The summed E-state index contributed by atoms with van der Waals surface area (Å²) in [5.74, 6) is -3.41. The monoisotopic (exact) mass is 914 g/mol. The third-order valence-corrected chi connectivity index (χ3v) is 9.26. The van der Waals surface area contributed by atoms with Crippen LogP contribution in [0.4, 0.5) is 20.1 Å². The predicted octanol–water partition coefficient (Wildman–Crippen LogP) is 8.20. The first-order chi connectivity index (χ1) is 29.2. The summed E-state index contributed by atoms with van der Waals surface area (Å²) in [5, 5.41) is 4.77. The summed E-state index contributed by atoms with van der Waals surface area (Å²) in [7, 11) is -1.64. The van der Waals surface area contributed by atoms with E-state index >= 15 is 0 Å². The number of rotatable bonds is 14. The molecule has 0 radical (unpaired) electrons. The van der Waals surface area contributed by atoms with Crippen LogP contribution in [0.25, 0.3) is 0 Å². The first kappa shape index (κ1) is 54.2. The SMILES string of the molecule is CC(C)(C)OC(=O)C[C@@H](C(=O)OCC[Si](C)(C)C)N(CC(=O)OC(C)(C)C)C(=O)OCc1ccc(OC(=O)c2ccc(N=C(NC(=O)OC(C)(C)C)NC(=O)OC(C)(C)C)cc2)cc1. The maximum absolute atomic E-state index is 13.7. The van der Waals surface area contributed by atoms with Gasteiger partial charge in [0.15, 0.2) is 0 Å². The van der Waals surface area contributed by atoms with Crippen molar-refractivity contribution in [2.75, 3.05) is 13.2 Å². The van der Waals surface area contributed by atoms with Crippen LogP contribution in [0.5, 0.6) is 5.75 Å². The van der Waals surface area contributed by atoms with Crippen LogP contribution in [0.2, 0.25) is 25.7 Å². The Kier molecular flexibility index (Phi) is 19.1. The Hall–Kier alpha value is -5.98. The number of ether oxygens (including phenoxy) is 7. The number of nitrogens with zero attached hydrogens (tertiary/aromatic N) is 2. The molecule has 64 heavy (non-hydrogen) atoms. The molecule has 354 valence electrons. The highest BCUT2D eigenvalue weighted by molar-refractivity contribution is 6.76. The van der Waals surface area contributed by atoms with Gasteiger partial charge in [-0.3, -0.25) is 25.1 Å². The summed E-state index contributed by atoms with van der Waals surface area (Å²) in [6, 6.07) is 10.8. The standard InChI is InChI=1S/C45H66N4O14Si/c1-42(2,3)60-34(50)26-33(37(53)57-24-25-64(13,14)15)49(27-35(51)61-43(4,5)6)41(56)58-28-29-16-22-32(23-17-29)59-36(52)30-18-20-31(21-19-30)46-38(47-39(54)62-44(7,8)9)48-40(55)63-45(10,11)12/h16-23,33H,24-28H2,1-15H3,(H2,46,47,48,54,55)/t33-/m0/s1. The molecule has 0 heterocycles. The lowest BCUT2D eigenvalue weighted by Crippen LogP contribution is -2.50. The van der Waals surface area contributed by atoms with E-state index in [0.717, 1.165) is 4.90 Å². The highest BCUT2D eigenvalue weighted by Crippen LogP contribution is 2.21. The Morgan fingerprint density at radius 2 is 1.12 bits per heavy atom. The molecule has 0 aliphatic carbocycles. The van der Waals surface area contributed by atoms with Crippen LogP contribution in [0, 0.1) is 0 Å². The molecular formula is C45H66N4O14Si. The number of guanidine groups is 1. The predicted molar refractivity (Wildman–Crippen MR) is 240 cm³/mol. The molecule has 3 amide bonds. The van der Waals surface area contributed by atoms with Crippen molar-refractivity contribution in [3.8, 4) is 5.75 Å². The van der Waals surface area contributed by atoms with Crippen molar-refractivity contribution < 1.29 is 66.7 Å². The molecule has 0 aromatic heterocycles. The molecule has 1 atom stereocenters. The van der Waals surface area contributed by atoms with Gasteiger partial charge in [0.2, 0.25) is 5.96 Å². The van der Waals surface area contributed by atoms with Gasteiger partial charge >= 0.3 is 42.2 Å². The quantitative estimate of drug-likeness (QED) is 0.0455. The summed E-state index contributed by atoms with van der Waals surface area (Å²) >= 11 is 0. The largest absolute Gasteiger partial charge is 0.464 e. The minimum atomic E-state index is -1.64. The molecule has 0 fully saturated rings. The van der Waals surface area contributed by atoms with Crippen molar-refractivity contribution in [1.82, 2.24) is 15.5 Å². The lowest BCUT2D eigenvalue weighted by molar-refractivity contribution is -0.165. The number of aliphatic imine (C=N–C) groups is 1. The molecule has 18 nitrogen and oxygen atoms in total. The first-order valence-electron chi connectivity index (χ1n) is 20.7. The molecule has 2 aromatic rings. The van der Waals surface area contributed by atoms with Crippen molar-refractivity contribution in [3.05, 3.63) is 59.7 Å². The van der Waals surface area contributed by atoms with Gasteiger partial charge in [0, 0.05) is 8.07 Å². The van der Waals surface area contributed by atoms with E-state index in [-0.39, 0.29) is 36.2 Å². The maximum Gasteiger partial charge on any atom is 0.414 e. The number of hydrogen-bond donors (Lipinski definition) is 2. The van der Waals surface area contributed by atoms with Crippen molar-refractivity contribution >= 4 is 61.9 Å². The van der Waals surface area contributed by atoms with Gasteiger partial charge in [0.1, 0.15) is 47.3 Å². The summed E-state index contributed by atoms with van der Waals surface area (Å²) in [4.78, 5) is 96.4. The molecule has 0 saturated heterocycles. The Labute approximate surface area is 377 Å². The molecule has 2 N–H and O–H groups in total. The van der Waals surface area contributed by atoms with E-state index in [1.54, 1.807) is 83.1 Å². The Morgan fingerprint density at radius 1 is 0.641 bits per heavy atom. The highest BCUT2D eigenvalue weighted by Gasteiger charge is 2.38. The summed E-state index contributed by atoms with van der Waals surface area (Å²) < 4.78 is 38.0. The second-order valence-electron chi connectivity index (χ2n) is 19.8. The van der Waals surface area contributed by atoms with Gasteiger partial charge in [-0.05, 0) is 131 Å². The second kappa shape index (κ2) is 22.6. The number of carbonyl (C=O) groups is 7. The molecule has 0 spiro atoms. The van der Waals surface area contributed by atoms with Crippen molar-refractivity contribution in [2.24, 2.45) is 4.99 Å². The van der Waals surface area contributed by atoms with Crippen LogP contribution < -0.4 is 15.4 Å². The minimum absolute atomic E-state index is 0.0521. The van der Waals surface area contributed by atoms with E-state index in [4.69, 9.17) is 33.2 Å². The van der Waals surface area contributed by atoms with Crippen molar-refractivity contribution in [3.63, 3.8) is 0 Å². The van der Waals surface area contributed by atoms with E-state index < -0.39 is 91.6 Å². The Bertz CT molecular complexity index is 1950. The van der Waals surface area contributed by atoms with E-state index in [1.807, 2.05) is 0 Å². The molecule has 0 saturated carbocycles. The van der Waals surface area contributed by atoms with Crippen LogP contribution >= 0.6 is 0 Å². The van der Waals surface area contributed by atoms with E-state index in [2.05, 4.69) is 35.3 Å². The minimum Gasteiger partial charge on any atom is -0.464 e. The second-order valence-corrected chi connectivity index (χ2v) is 25.5. The fourth-order valence-electron chi connectivity index (χ4n) is 4.97. The number of carbonyl (C=O) groups excluding carboxylic acids is 7. The zero-order valence-electron chi connectivity index (χ0n) is 39.8. The van der Waals surface area contributed by atoms with Gasteiger partial charge in [-0.1, -0.05) is 31.8 Å². The van der Waals surface area contributed by atoms with Gasteiger partial charge in [-0.25, -0.2) is 29.0 Å². The van der Waals surface area contributed by atoms with Crippen molar-refractivity contribution in [2.45, 2.75) is 150 Å². The average Bonchev–Trinajstić information content (AvgIpc) is 3.09. The third kappa shape index (κ3) is 22.9. The number of alkyl carbamates (subject to hydrolysis) is 2. The Morgan fingerprint density at radius 3 is 1.59 bits per heavy atom. The van der Waals surface area contributed by atoms with Crippen LogP contribution in [-0.4, -0.2) is 103 Å². The average molecular weight is 915 g/mol. The molecule has 0 aliphatic rings. The van der Waals surface area contributed by atoms with Crippen molar-refractivity contribution in [1.29, 1.82) is 0 Å². The zero-order chi connectivity index (χ0) is 48.8. The molecule has 0 aliphatic heterocycles. The van der Waals surface area contributed by atoms with Crippen LogP contribution in [0.1, 0.15) is 105 Å². The molecule has 0 bridgehead atoms. The summed E-state index contributed by atoms with van der Waals surface area (Å²) in [6.45, 7) is 25.2. The van der Waals surface area contributed by atoms with Gasteiger partial charge in [0.05, 0.1) is 24.3 Å². The van der Waals surface area contributed by atoms with Crippen LogP contribution in [0.3, 0.4) is 0 Å². The Balaban J connectivity index is 2.25. The number of benzene rings is 2. The molecule has 2 rings (SSSR count). The number of amides is 3. The van der Waals surface area contributed by atoms with Gasteiger partial charge in [-0.15, -0.1) is 0 Å². The lowest BCUT2D eigenvalue weighted by Gasteiger charge is -2.30.